The summed E-state index contributed by atoms with van der Waals surface area (Å²) in [6, 6.07) is 6.32. The van der Waals surface area contributed by atoms with Crippen molar-refractivity contribution in [2.24, 2.45) is 28.6 Å². The number of benzene rings is 1. The minimum absolute atomic E-state index is 0.222. The highest BCUT2D eigenvalue weighted by molar-refractivity contribution is 6.38. The molecule has 5 fully saturated rings. The summed E-state index contributed by atoms with van der Waals surface area (Å²) in [7, 11) is 0. The molecule has 6 rings (SSSR count). The van der Waals surface area contributed by atoms with Gasteiger partial charge in [0.2, 0.25) is 11.7 Å². The van der Waals surface area contributed by atoms with Crippen LogP contribution in [0.15, 0.2) is 24.3 Å². The zero-order chi connectivity index (χ0) is 27.7. The van der Waals surface area contributed by atoms with Gasteiger partial charge in [-0.2, -0.15) is 0 Å². The van der Waals surface area contributed by atoms with Crippen LogP contribution >= 0.6 is 11.6 Å². The van der Waals surface area contributed by atoms with Crippen LogP contribution in [0.1, 0.15) is 78.2 Å². The van der Waals surface area contributed by atoms with Crippen molar-refractivity contribution in [1.82, 2.24) is 10.2 Å². The Hall–Kier alpha value is -1.96. The lowest BCUT2D eigenvalue weighted by Crippen LogP contribution is -2.63. The number of carbonyl (C=O) groups excluding carboxylic acids is 3. The molecule has 4 atom stereocenters. The van der Waals surface area contributed by atoms with Gasteiger partial charge >= 0.3 is 0 Å². The van der Waals surface area contributed by atoms with Gasteiger partial charge in [0.25, 0.3) is 5.91 Å². The second kappa shape index (κ2) is 9.31. The summed E-state index contributed by atoms with van der Waals surface area (Å²) in [4.78, 5) is 42.4. The molecule has 4 aliphatic carbocycles. The molecule has 4 bridgehead atoms. The topological polar surface area (TPSA) is 107 Å². The highest BCUT2D eigenvalue weighted by Crippen LogP contribution is 2.62. The van der Waals surface area contributed by atoms with Gasteiger partial charge in [-0.25, -0.2) is 0 Å². The minimum atomic E-state index is -1.14. The number of nitrogens with zero attached hydrogens (tertiary/aromatic N) is 1. The monoisotopic (exact) mass is 544 g/mol. The lowest BCUT2D eigenvalue weighted by Gasteiger charge is -2.59. The van der Waals surface area contributed by atoms with E-state index in [1.54, 1.807) is 17.0 Å². The predicted octanol–water partition coefficient (Wildman–Crippen LogP) is 3.83. The van der Waals surface area contributed by atoms with Crippen LogP contribution in [0.25, 0.3) is 0 Å². The maximum absolute atomic E-state index is 13.7. The third-order valence-corrected chi connectivity index (χ3v) is 10.3. The van der Waals surface area contributed by atoms with Gasteiger partial charge in [-0.15, -0.1) is 0 Å². The number of ketones is 1. The minimum Gasteiger partial charge on any atom is -0.390 e. The number of aliphatic hydroxyl groups is 2. The van der Waals surface area contributed by atoms with Crippen molar-refractivity contribution in [3.63, 3.8) is 0 Å². The number of hydrogen-bond acceptors (Lipinski definition) is 5. The van der Waals surface area contributed by atoms with Gasteiger partial charge in [0, 0.05) is 28.9 Å². The summed E-state index contributed by atoms with van der Waals surface area (Å²) in [5.74, 6) is -1.07. The number of likely N-dealkylation sites (tertiary alicyclic amines) is 1. The van der Waals surface area contributed by atoms with Crippen LogP contribution in [0.2, 0.25) is 5.02 Å². The summed E-state index contributed by atoms with van der Waals surface area (Å²) in [6.07, 6.45) is 4.47. The number of amides is 2. The Labute approximate surface area is 230 Å². The van der Waals surface area contributed by atoms with E-state index in [1.807, 2.05) is 39.8 Å². The third-order valence-electron chi connectivity index (χ3n) is 10.0. The lowest BCUT2D eigenvalue weighted by molar-refractivity contribution is -0.179. The molecule has 0 spiro atoms. The molecule has 1 aromatic carbocycles. The zero-order valence-electron chi connectivity index (χ0n) is 22.9. The molecule has 3 N–H and O–H groups in total. The molecule has 1 heterocycles. The molecule has 8 heteroatoms. The lowest BCUT2D eigenvalue weighted by atomic mass is 9.47. The average Bonchev–Trinajstić information content (AvgIpc) is 2.81. The first kappa shape index (κ1) is 27.6. The fourth-order valence-electron chi connectivity index (χ4n) is 8.41. The number of nitrogens with one attached hydrogen (secondary N) is 1. The molecule has 2 amide bonds. The Kier molecular flexibility index (Phi) is 6.76. The molecule has 1 aliphatic heterocycles. The molecule has 0 radical (unpaired) electrons. The van der Waals surface area contributed by atoms with E-state index < -0.39 is 39.8 Å². The number of piperidine rings is 1. The van der Waals surface area contributed by atoms with Crippen LogP contribution in [0.5, 0.6) is 0 Å². The first-order valence-electron chi connectivity index (χ1n) is 14.0. The summed E-state index contributed by atoms with van der Waals surface area (Å²) < 4.78 is 0. The first-order chi connectivity index (χ1) is 17.7. The van der Waals surface area contributed by atoms with Crippen molar-refractivity contribution >= 4 is 29.2 Å². The van der Waals surface area contributed by atoms with Crippen molar-refractivity contribution in [1.29, 1.82) is 0 Å². The van der Waals surface area contributed by atoms with Crippen molar-refractivity contribution < 1.29 is 24.6 Å². The fraction of sp³-hybridized carbons (Fsp3) is 0.700. The van der Waals surface area contributed by atoms with Gasteiger partial charge in [0.15, 0.2) is 0 Å². The van der Waals surface area contributed by atoms with Gasteiger partial charge in [-0.1, -0.05) is 51.4 Å². The zero-order valence-corrected chi connectivity index (χ0v) is 23.7. The van der Waals surface area contributed by atoms with E-state index in [1.165, 1.54) is 0 Å². The Bertz CT molecular complexity index is 1120. The number of halogens is 1. The maximum atomic E-state index is 13.7. The number of hydrogen-bond donors (Lipinski definition) is 3. The first-order valence-corrected chi connectivity index (χ1v) is 14.4. The molecular formula is C30H41ClN2O5. The number of rotatable bonds is 6. The SMILES string of the molecule is CC(C)[C@@H](NC(=O)C(=O)C12CC3CC(CC(O)(C3)C1)C2)C(=O)N1CC[C@](O)(c2ccc(Cl)cc2)C(C)(C)C1. The summed E-state index contributed by atoms with van der Waals surface area (Å²) in [6.45, 7) is 8.23. The fourth-order valence-corrected chi connectivity index (χ4v) is 8.53. The second-order valence-electron chi connectivity index (χ2n) is 13.8. The number of Topliss-reactive ketones (excluding diaryl/α,β-unsaturated/α-hetero) is 1. The molecule has 1 aromatic rings. The van der Waals surface area contributed by atoms with Gasteiger partial charge in [0.05, 0.1) is 11.2 Å². The predicted molar refractivity (Wildman–Crippen MR) is 144 cm³/mol. The van der Waals surface area contributed by atoms with Crippen molar-refractivity contribution in [2.45, 2.75) is 89.9 Å². The Balaban J connectivity index is 1.29. The molecule has 208 valence electrons. The number of carbonyl (C=O) groups is 3. The van der Waals surface area contributed by atoms with Gasteiger partial charge in [-0.3, -0.25) is 14.4 Å². The molecule has 4 saturated carbocycles. The molecule has 2 unspecified atom stereocenters. The quantitative estimate of drug-likeness (QED) is 0.472. The van der Waals surface area contributed by atoms with Crippen LogP contribution < -0.4 is 5.32 Å². The molecular weight excluding hydrogens is 504 g/mol. The van der Waals surface area contributed by atoms with Gasteiger partial charge < -0.3 is 20.4 Å². The Morgan fingerprint density at radius 2 is 1.63 bits per heavy atom. The van der Waals surface area contributed by atoms with E-state index in [9.17, 15) is 24.6 Å². The van der Waals surface area contributed by atoms with Crippen LogP contribution in [-0.2, 0) is 20.0 Å². The van der Waals surface area contributed by atoms with E-state index in [0.717, 1.165) is 24.8 Å². The molecule has 0 aromatic heterocycles. The average molecular weight is 545 g/mol. The standard InChI is InChI=1S/C30H41ClN2O5/c1-18(2)23(32-25(35)24(34)28-12-19-11-20(13-28)15-29(37,14-19)16-28)26(36)33-10-9-30(38,27(3,4)17-33)21-5-7-22(31)8-6-21/h5-8,18-20,23,37-38H,9-17H2,1-4H3,(H,32,35)/t19?,20?,23-,28?,29?,30+/m1/s1. The normalized spacial score (nSPS) is 36.3. The third kappa shape index (κ3) is 4.58. The maximum Gasteiger partial charge on any atom is 0.288 e. The highest BCUT2D eigenvalue weighted by Gasteiger charge is 2.61. The molecule has 7 nitrogen and oxygen atoms in total. The van der Waals surface area contributed by atoms with E-state index in [0.29, 0.717) is 43.8 Å². The van der Waals surface area contributed by atoms with Crippen molar-refractivity contribution in [2.75, 3.05) is 13.1 Å². The van der Waals surface area contributed by atoms with E-state index >= 15 is 0 Å². The Morgan fingerprint density at radius 1 is 1.03 bits per heavy atom. The smallest absolute Gasteiger partial charge is 0.288 e. The van der Waals surface area contributed by atoms with Crippen LogP contribution in [-0.4, -0.2) is 57.4 Å². The summed E-state index contributed by atoms with van der Waals surface area (Å²) in [5.41, 5.74) is -2.69. The van der Waals surface area contributed by atoms with Crippen molar-refractivity contribution in [3.8, 4) is 0 Å². The van der Waals surface area contributed by atoms with Crippen molar-refractivity contribution in [3.05, 3.63) is 34.9 Å². The summed E-state index contributed by atoms with van der Waals surface area (Å²) >= 11 is 6.05. The highest BCUT2D eigenvalue weighted by atomic mass is 35.5. The molecule has 38 heavy (non-hydrogen) atoms. The second-order valence-corrected chi connectivity index (χ2v) is 14.2. The molecule has 1 saturated heterocycles. The van der Waals surface area contributed by atoms with Gasteiger partial charge in [0.1, 0.15) is 6.04 Å². The van der Waals surface area contributed by atoms with Crippen LogP contribution in [0.4, 0.5) is 0 Å². The molecule has 5 aliphatic rings. The van der Waals surface area contributed by atoms with E-state index in [4.69, 9.17) is 11.6 Å². The van der Waals surface area contributed by atoms with Crippen LogP contribution in [0, 0.1) is 28.6 Å². The Morgan fingerprint density at radius 3 is 2.16 bits per heavy atom. The van der Waals surface area contributed by atoms with E-state index in [-0.39, 0.29) is 23.7 Å². The summed E-state index contributed by atoms with van der Waals surface area (Å²) in [5, 5.41) is 26.1. The van der Waals surface area contributed by atoms with Crippen LogP contribution in [0.3, 0.4) is 0 Å². The van der Waals surface area contributed by atoms with Gasteiger partial charge in [-0.05, 0) is 80.4 Å². The largest absolute Gasteiger partial charge is 0.390 e. The van der Waals surface area contributed by atoms with E-state index in [2.05, 4.69) is 5.32 Å².